The van der Waals surface area contributed by atoms with E-state index in [0.29, 0.717) is 22.5 Å². The third-order valence-corrected chi connectivity index (χ3v) is 5.26. The summed E-state index contributed by atoms with van der Waals surface area (Å²) in [6.45, 7) is 7.23. The standard InChI is InChI=1S/C19H25Cl2N7.HI/c1-14(16-4-3-15(20)13-17(16)21)26-18(22)23-7-8-27-9-11-28(12-10-27)19-24-5-2-6-25-19;/h2-6,13-14H,7-12H2,1H3,(H3,22,23,26);1H. The smallest absolute Gasteiger partial charge is 0.225 e. The fraction of sp³-hybridized carbons (Fsp3) is 0.421. The molecular formula is C19H26Cl2IN7. The Morgan fingerprint density at radius 2 is 1.90 bits per heavy atom. The zero-order valence-electron chi connectivity index (χ0n) is 16.3. The summed E-state index contributed by atoms with van der Waals surface area (Å²) >= 11 is 12.2. The SMILES string of the molecule is CC(NC(N)=NCCN1CCN(c2ncccn2)CC1)c1ccc(Cl)cc1Cl.I. The number of rotatable bonds is 6. The van der Waals surface area contributed by atoms with Gasteiger partial charge < -0.3 is 16.0 Å². The first-order valence-electron chi connectivity index (χ1n) is 9.28. The maximum atomic E-state index is 6.25. The van der Waals surface area contributed by atoms with Gasteiger partial charge in [-0.05, 0) is 30.7 Å². The molecule has 0 saturated carbocycles. The summed E-state index contributed by atoms with van der Waals surface area (Å²) in [5, 5.41) is 4.40. The highest BCUT2D eigenvalue weighted by Crippen LogP contribution is 2.25. The normalized spacial score (nSPS) is 16.2. The molecule has 1 fully saturated rings. The number of hydrogen-bond acceptors (Lipinski definition) is 5. The Bertz CT molecular complexity index is 798. The highest BCUT2D eigenvalue weighted by Gasteiger charge is 2.18. The van der Waals surface area contributed by atoms with Gasteiger partial charge in [0.1, 0.15) is 0 Å². The molecule has 1 aromatic heterocycles. The number of hydrogen-bond donors (Lipinski definition) is 2. The number of nitrogens with zero attached hydrogens (tertiary/aromatic N) is 5. The van der Waals surface area contributed by atoms with Crippen LogP contribution >= 0.6 is 47.2 Å². The van der Waals surface area contributed by atoms with Crippen molar-refractivity contribution in [3.05, 3.63) is 52.3 Å². The number of anilines is 1. The Labute approximate surface area is 198 Å². The van der Waals surface area contributed by atoms with Gasteiger partial charge in [0.05, 0.1) is 12.6 Å². The number of aliphatic imine (C=N–C) groups is 1. The van der Waals surface area contributed by atoms with E-state index in [1.165, 1.54) is 0 Å². The predicted octanol–water partition coefficient (Wildman–Crippen LogP) is 3.19. The van der Waals surface area contributed by atoms with E-state index >= 15 is 0 Å². The van der Waals surface area contributed by atoms with Crippen LogP contribution in [0.15, 0.2) is 41.7 Å². The van der Waals surface area contributed by atoms with Gasteiger partial charge in [0, 0.05) is 55.2 Å². The maximum absolute atomic E-state index is 6.25. The number of nitrogens with two attached hydrogens (primary N) is 1. The molecule has 0 spiro atoms. The van der Waals surface area contributed by atoms with Crippen LogP contribution in [0.25, 0.3) is 0 Å². The van der Waals surface area contributed by atoms with Gasteiger partial charge in [-0.2, -0.15) is 0 Å². The maximum Gasteiger partial charge on any atom is 0.225 e. The van der Waals surface area contributed by atoms with Crippen LogP contribution in [0.1, 0.15) is 18.5 Å². The molecule has 3 N–H and O–H groups in total. The zero-order valence-corrected chi connectivity index (χ0v) is 20.1. The van der Waals surface area contributed by atoms with Crippen molar-refractivity contribution < 1.29 is 0 Å². The molecule has 0 bridgehead atoms. The van der Waals surface area contributed by atoms with Gasteiger partial charge >= 0.3 is 0 Å². The second kappa shape index (κ2) is 11.7. The molecule has 1 saturated heterocycles. The minimum Gasteiger partial charge on any atom is -0.370 e. The molecular weight excluding hydrogens is 524 g/mol. The minimum absolute atomic E-state index is 0. The van der Waals surface area contributed by atoms with Crippen molar-refractivity contribution in [2.75, 3.05) is 44.2 Å². The number of halogens is 3. The van der Waals surface area contributed by atoms with E-state index in [1.807, 2.05) is 25.1 Å². The first-order chi connectivity index (χ1) is 13.5. The average molecular weight is 550 g/mol. The van der Waals surface area contributed by atoms with Crippen molar-refractivity contribution >= 4 is 59.1 Å². The van der Waals surface area contributed by atoms with E-state index in [4.69, 9.17) is 28.9 Å². The van der Waals surface area contributed by atoms with Gasteiger partial charge in [0.15, 0.2) is 5.96 Å². The second-order valence-corrected chi connectivity index (χ2v) is 7.52. The van der Waals surface area contributed by atoms with E-state index in [0.717, 1.165) is 44.2 Å². The molecule has 158 valence electrons. The number of guanidine groups is 1. The van der Waals surface area contributed by atoms with Crippen molar-refractivity contribution in [2.24, 2.45) is 10.7 Å². The topological polar surface area (TPSA) is 82.7 Å². The van der Waals surface area contributed by atoms with Crippen LogP contribution in [0.4, 0.5) is 5.95 Å². The summed E-state index contributed by atoms with van der Waals surface area (Å²) in [6.07, 6.45) is 3.55. The monoisotopic (exact) mass is 549 g/mol. The first kappa shape index (κ1) is 23.9. The lowest BCUT2D eigenvalue weighted by molar-refractivity contribution is 0.264. The molecule has 3 rings (SSSR count). The molecule has 2 aromatic rings. The predicted molar refractivity (Wildman–Crippen MR) is 131 cm³/mol. The van der Waals surface area contributed by atoms with Crippen molar-refractivity contribution in [3.8, 4) is 0 Å². The summed E-state index contributed by atoms with van der Waals surface area (Å²) in [5.41, 5.74) is 6.97. The van der Waals surface area contributed by atoms with Crippen LogP contribution < -0.4 is 16.0 Å². The quantitative estimate of drug-likeness (QED) is 0.327. The van der Waals surface area contributed by atoms with Gasteiger partial charge in [-0.1, -0.05) is 29.3 Å². The molecule has 10 heteroatoms. The Hall–Kier alpha value is -1.36. The fourth-order valence-electron chi connectivity index (χ4n) is 3.14. The molecule has 0 aliphatic carbocycles. The Balaban J connectivity index is 0.00000300. The van der Waals surface area contributed by atoms with Crippen LogP contribution in [0.2, 0.25) is 10.0 Å². The van der Waals surface area contributed by atoms with Gasteiger partial charge in [0.2, 0.25) is 5.95 Å². The van der Waals surface area contributed by atoms with E-state index in [1.54, 1.807) is 18.5 Å². The lowest BCUT2D eigenvalue weighted by atomic mass is 10.1. The highest BCUT2D eigenvalue weighted by molar-refractivity contribution is 14.0. The van der Waals surface area contributed by atoms with Crippen LogP contribution in [-0.4, -0.2) is 60.1 Å². The van der Waals surface area contributed by atoms with E-state index in [2.05, 4.69) is 30.1 Å². The third-order valence-electron chi connectivity index (χ3n) is 4.70. The van der Waals surface area contributed by atoms with Gasteiger partial charge in [-0.25, -0.2) is 9.97 Å². The van der Waals surface area contributed by atoms with Crippen LogP contribution in [-0.2, 0) is 0 Å². The van der Waals surface area contributed by atoms with Crippen molar-refractivity contribution in [2.45, 2.75) is 13.0 Å². The third kappa shape index (κ3) is 7.13. The molecule has 29 heavy (non-hydrogen) atoms. The molecule has 1 atom stereocenters. The largest absolute Gasteiger partial charge is 0.370 e. The van der Waals surface area contributed by atoms with E-state index < -0.39 is 0 Å². The molecule has 0 radical (unpaired) electrons. The zero-order chi connectivity index (χ0) is 19.9. The lowest BCUT2D eigenvalue weighted by Gasteiger charge is -2.34. The Morgan fingerprint density at radius 1 is 1.21 bits per heavy atom. The number of piperazine rings is 1. The average Bonchev–Trinajstić information content (AvgIpc) is 2.69. The lowest BCUT2D eigenvalue weighted by Crippen LogP contribution is -2.47. The minimum atomic E-state index is -0.0528. The highest BCUT2D eigenvalue weighted by atomic mass is 127. The van der Waals surface area contributed by atoms with Gasteiger partial charge in [-0.3, -0.25) is 9.89 Å². The Morgan fingerprint density at radius 3 is 2.55 bits per heavy atom. The van der Waals surface area contributed by atoms with E-state index in [9.17, 15) is 0 Å². The van der Waals surface area contributed by atoms with Crippen LogP contribution in [0.3, 0.4) is 0 Å². The summed E-state index contributed by atoms with van der Waals surface area (Å²) in [5.74, 6) is 1.21. The molecule has 1 aromatic carbocycles. The fourth-order valence-corrected chi connectivity index (χ4v) is 3.71. The van der Waals surface area contributed by atoms with Crippen LogP contribution in [0.5, 0.6) is 0 Å². The second-order valence-electron chi connectivity index (χ2n) is 6.68. The molecule has 1 aliphatic heterocycles. The molecule has 1 aliphatic rings. The summed E-state index contributed by atoms with van der Waals surface area (Å²) in [6, 6.07) is 7.21. The summed E-state index contributed by atoms with van der Waals surface area (Å²) in [7, 11) is 0. The summed E-state index contributed by atoms with van der Waals surface area (Å²) in [4.78, 5) is 17.6. The molecule has 2 heterocycles. The Kier molecular flexibility index (Phi) is 9.67. The molecule has 7 nitrogen and oxygen atoms in total. The number of nitrogens with one attached hydrogen (secondary N) is 1. The van der Waals surface area contributed by atoms with E-state index in [-0.39, 0.29) is 30.0 Å². The van der Waals surface area contributed by atoms with Gasteiger partial charge in [0.25, 0.3) is 0 Å². The number of aromatic nitrogens is 2. The van der Waals surface area contributed by atoms with Crippen LogP contribution in [0, 0.1) is 0 Å². The molecule has 1 unspecified atom stereocenters. The van der Waals surface area contributed by atoms with Crippen molar-refractivity contribution in [1.82, 2.24) is 20.2 Å². The summed E-state index contributed by atoms with van der Waals surface area (Å²) < 4.78 is 0. The van der Waals surface area contributed by atoms with Gasteiger partial charge in [-0.15, -0.1) is 24.0 Å². The van der Waals surface area contributed by atoms with Crippen molar-refractivity contribution in [1.29, 1.82) is 0 Å². The first-order valence-corrected chi connectivity index (χ1v) is 10.0. The van der Waals surface area contributed by atoms with Crippen molar-refractivity contribution in [3.63, 3.8) is 0 Å². The molecule has 0 amide bonds. The number of benzene rings is 1.